The highest BCUT2D eigenvalue weighted by atomic mass is 16.5. The number of nitrogens with zero attached hydrogens (tertiary/aromatic N) is 1. The third-order valence-corrected chi connectivity index (χ3v) is 3.54. The average Bonchev–Trinajstić information content (AvgIpc) is 2.66. The van der Waals surface area contributed by atoms with Crippen molar-refractivity contribution < 1.29 is 14.6 Å². The molecule has 3 unspecified atom stereocenters. The van der Waals surface area contributed by atoms with Gasteiger partial charge in [0.15, 0.2) is 0 Å². The molecule has 3 atom stereocenters. The molecule has 0 aromatic heterocycles. The van der Waals surface area contributed by atoms with Crippen LogP contribution in [0, 0.1) is 5.92 Å². The summed E-state index contributed by atoms with van der Waals surface area (Å²) in [5.74, 6) is -0.791. The van der Waals surface area contributed by atoms with Gasteiger partial charge in [0, 0.05) is 19.2 Å². The molecule has 1 N–H and O–H groups in total. The molecule has 0 spiro atoms. The normalized spacial score (nSPS) is 38.1. The van der Waals surface area contributed by atoms with E-state index in [0.29, 0.717) is 12.1 Å². The molecular formula is C11H19NO3. The van der Waals surface area contributed by atoms with Crippen molar-refractivity contribution >= 4 is 5.97 Å². The molecule has 0 radical (unpaired) electrons. The van der Waals surface area contributed by atoms with Gasteiger partial charge in [0.1, 0.15) is 0 Å². The SMILES string of the molecule is CC1CC(N2CCC(C(=O)O)C2)CCO1. The predicted molar refractivity (Wildman–Crippen MR) is 55.8 cm³/mol. The molecule has 86 valence electrons. The topological polar surface area (TPSA) is 49.8 Å². The van der Waals surface area contributed by atoms with Gasteiger partial charge in [0.2, 0.25) is 0 Å². The van der Waals surface area contributed by atoms with Gasteiger partial charge >= 0.3 is 5.97 Å². The van der Waals surface area contributed by atoms with Gasteiger partial charge in [-0.15, -0.1) is 0 Å². The first-order chi connectivity index (χ1) is 7.16. The van der Waals surface area contributed by atoms with Crippen molar-refractivity contribution in [3.05, 3.63) is 0 Å². The Labute approximate surface area is 90.2 Å². The summed E-state index contributed by atoms with van der Waals surface area (Å²) in [4.78, 5) is 13.2. The molecule has 2 aliphatic heterocycles. The summed E-state index contributed by atoms with van der Waals surface area (Å²) in [5, 5.41) is 8.93. The largest absolute Gasteiger partial charge is 0.481 e. The van der Waals surface area contributed by atoms with Crippen LogP contribution in [0.1, 0.15) is 26.2 Å². The van der Waals surface area contributed by atoms with Crippen LogP contribution >= 0.6 is 0 Å². The zero-order chi connectivity index (χ0) is 10.8. The van der Waals surface area contributed by atoms with Crippen LogP contribution in [0.15, 0.2) is 0 Å². The van der Waals surface area contributed by atoms with E-state index in [1.807, 2.05) is 0 Å². The van der Waals surface area contributed by atoms with Crippen LogP contribution in [-0.4, -0.2) is 47.8 Å². The summed E-state index contributed by atoms with van der Waals surface area (Å²) in [7, 11) is 0. The molecular weight excluding hydrogens is 194 g/mol. The second-order valence-electron chi connectivity index (χ2n) is 4.68. The van der Waals surface area contributed by atoms with Gasteiger partial charge in [-0.3, -0.25) is 9.69 Å². The van der Waals surface area contributed by atoms with Crippen molar-refractivity contribution in [2.24, 2.45) is 5.92 Å². The Morgan fingerprint density at radius 3 is 2.87 bits per heavy atom. The van der Waals surface area contributed by atoms with Gasteiger partial charge in [-0.2, -0.15) is 0 Å². The smallest absolute Gasteiger partial charge is 0.307 e. The van der Waals surface area contributed by atoms with Crippen LogP contribution in [0.3, 0.4) is 0 Å². The van der Waals surface area contributed by atoms with Gasteiger partial charge in [0.05, 0.1) is 12.0 Å². The van der Waals surface area contributed by atoms with E-state index < -0.39 is 5.97 Å². The summed E-state index contributed by atoms with van der Waals surface area (Å²) >= 11 is 0. The maximum Gasteiger partial charge on any atom is 0.307 e. The predicted octanol–water partition coefficient (Wildman–Crippen LogP) is 0.960. The van der Waals surface area contributed by atoms with Crippen LogP contribution in [-0.2, 0) is 9.53 Å². The van der Waals surface area contributed by atoms with Crippen LogP contribution < -0.4 is 0 Å². The van der Waals surface area contributed by atoms with Crippen molar-refractivity contribution in [3.63, 3.8) is 0 Å². The molecule has 4 heteroatoms. The molecule has 2 saturated heterocycles. The minimum Gasteiger partial charge on any atom is -0.481 e. The highest BCUT2D eigenvalue weighted by molar-refractivity contribution is 5.70. The van der Waals surface area contributed by atoms with Crippen molar-refractivity contribution in [1.82, 2.24) is 4.90 Å². The Hall–Kier alpha value is -0.610. The van der Waals surface area contributed by atoms with E-state index in [9.17, 15) is 4.79 Å². The Morgan fingerprint density at radius 2 is 2.27 bits per heavy atom. The van der Waals surface area contributed by atoms with E-state index >= 15 is 0 Å². The molecule has 0 aromatic rings. The number of likely N-dealkylation sites (tertiary alicyclic amines) is 1. The molecule has 0 aromatic carbocycles. The first kappa shape index (κ1) is 10.9. The number of carbonyl (C=O) groups is 1. The number of hydrogen-bond acceptors (Lipinski definition) is 3. The fraction of sp³-hybridized carbons (Fsp3) is 0.909. The Morgan fingerprint density at radius 1 is 1.47 bits per heavy atom. The van der Waals surface area contributed by atoms with E-state index in [2.05, 4.69) is 11.8 Å². The molecule has 0 saturated carbocycles. The average molecular weight is 213 g/mol. The van der Waals surface area contributed by atoms with Gasteiger partial charge in [0.25, 0.3) is 0 Å². The van der Waals surface area contributed by atoms with Gasteiger partial charge in [-0.05, 0) is 32.7 Å². The molecule has 0 aliphatic carbocycles. The Balaban J connectivity index is 1.87. The summed E-state index contributed by atoms with van der Waals surface area (Å²) in [6.45, 7) is 4.58. The molecule has 4 nitrogen and oxygen atoms in total. The second-order valence-corrected chi connectivity index (χ2v) is 4.68. The molecule has 2 fully saturated rings. The quantitative estimate of drug-likeness (QED) is 0.742. The summed E-state index contributed by atoms with van der Waals surface area (Å²) in [6, 6.07) is 0.540. The first-order valence-electron chi connectivity index (χ1n) is 5.75. The molecule has 0 bridgehead atoms. The molecule has 15 heavy (non-hydrogen) atoms. The second kappa shape index (κ2) is 4.49. The summed E-state index contributed by atoms with van der Waals surface area (Å²) < 4.78 is 5.50. The van der Waals surface area contributed by atoms with Gasteiger partial charge < -0.3 is 9.84 Å². The van der Waals surface area contributed by atoms with Crippen LogP contribution in [0.4, 0.5) is 0 Å². The molecule has 2 aliphatic rings. The zero-order valence-corrected chi connectivity index (χ0v) is 9.19. The minimum absolute atomic E-state index is 0.150. The number of ether oxygens (including phenoxy) is 1. The van der Waals surface area contributed by atoms with E-state index in [4.69, 9.17) is 9.84 Å². The molecule has 2 heterocycles. The van der Waals surface area contributed by atoms with Crippen LogP contribution in [0.25, 0.3) is 0 Å². The number of aliphatic carboxylic acids is 1. The van der Waals surface area contributed by atoms with Gasteiger partial charge in [-0.25, -0.2) is 0 Å². The third-order valence-electron chi connectivity index (χ3n) is 3.54. The number of rotatable bonds is 2. The lowest BCUT2D eigenvalue weighted by Crippen LogP contribution is -2.40. The Bertz CT molecular complexity index is 244. The van der Waals surface area contributed by atoms with E-state index in [1.165, 1.54) is 0 Å². The van der Waals surface area contributed by atoms with Gasteiger partial charge in [-0.1, -0.05) is 0 Å². The lowest BCUT2D eigenvalue weighted by molar-refractivity contribution is -0.141. The Kier molecular flexibility index (Phi) is 3.26. The third kappa shape index (κ3) is 2.49. The fourth-order valence-electron chi connectivity index (χ4n) is 2.63. The van der Waals surface area contributed by atoms with E-state index in [0.717, 1.165) is 39.0 Å². The summed E-state index contributed by atoms with van der Waals surface area (Å²) in [6.07, 6.45) is 3.23. The molecule has 0 amide bonds. The van der Waals surface area contributed by atoms with Crippen molar-refractivity contribution in [2.75, 3.05) is 19.7 Å². The van der Waals surface area contributed by atoms with Crippen molar-refractivity contribution in [2.45, 2.75) is 38.3 Å². The lowest BCUT2D eigenvalue weighted by atomic mass is 10.0. The number of hydrogen-bond donors (Lipinski definition) is 1. The molecule has 2 rings (SSSR count). The summed E-state index contributed by atoms with van der Waals surface area (Å²) in [5.41, 5.74) is 0. The number of carboxylic acids is 1. The maximum absolute atomic E-state index is 10.8. The lowest BCUT2D eigenvalue weighted by Gasteiger charge is -2.34. The highest BCUT2D eigenvalue weighted by Gasteiger charge is 2.33. The minimum atomic E-state index is -0.641. The van der Waals surface area contributed by atoms with E-state index in [-0.39, 0.29) is 5.92 Å². The fourth-order valence-corrected chi connectivity index (χ4v) is 2.63. The van der Waals surface area contributed by atoms with Crippen LogP contribution in [0.2, 0.25) is 0 Å². The standard InChI is InChI=1S/C11H19NO3/c1-8-6-10(3-5-15-8)12-4-2-9(7-12)11(13)14/h8-10H,2-7H2,1H3,(H,13,14). The van der Waals surface area contributed by atoms with Crippen molar-refractivity contribution in [3.8, 4) is 0 Å². The zero-order valence-electron chi connectivity index (χ0n) is 9.19. The maximum atomic E-state index is 10.8. The van der Waals surface area contributed by atoms with Crippen LogP contribution in [0.5, 0.6) is 0 Å². The highest BCUT2D eigenvalue weighted by Crippen LogP contribution is 2.25. The number of carboxylic acid groups (broad SMARTS) is 1. The monoisotopic (exact) mass is 213 g/mol. The van der Waals surface area contributed by atoms with E-state index in [1.54, 1.807) is 0 Å². The van der Waals surface area contributed by atoms with Crippen molar-refractivity contribution in [1.29, 1.82) is 0 Å². The first-order valence-corrected chi connectivity index (χ1v) is 5.75.